The maximum Gasteiger partial charge on any atom is 0.208 e. The molecule has 1 aliphatic rings. The highest BCUT2D eigenvalue weighted by molar-refractivity contribution is 5.79. The molecule has 0 radical (unpaired) electrons. The predicted molar refractivity (Wildman–Crippen MR) is 75.3 cm³/mol. The number of nitrogens with one attached hydrogen (secondary N) is 1. The van der Waals surface area contributed by atoms with Gasteiger partial charge in [0.1, 0.15) is 0 Å². The lowest BCUT2D eigenvalue weighted by molar-refractivity contribution is 0.183. The van der Waals surface area contributed by atoms with Crippen molar-refractivity contribution in [2.75, 3.05) is 20.3 Å². The maximum absolute atomic E-state index is 5.64. The van der Waals surface area contributed by atoms with E-state index in [0.717, 1.165) is 12.5 Å². The number of rotatable bonds is 5. The van der Waals surface area contributed by atoms with E-state index >= 15 is 0 Å². The lowest BCUT2D eigenvalue weighted by Gasteiger charge is -2.35. The molecular weight excluding hydrogens is 228 g/mol. The number of nitrogens with zero attached hydrogens (tertiary/aromatic N) is 2. The zero-order valence-electron chi connectivity index (χ0n) is 12.0. The molecule has 0 aromatic carbocycles. The summed E-state index contributed by atoms with van der Waals surface area (Å²) in [5.41, 5.74) is 2.76. The average molecular weight is 256 g/mol. The van der Waals surface area contributed by atoms with E-state index in [1.54, 1.807) is 7.11 Å². The Labute approximate surface area is 111 Å². The summed E-state index contributed by atoms with van der Waals surface area (Å²) in [6, 6.07) is 0.701. The molecule has 1 aliphatic carbocycles. The number of aliphatic imine (C=N–C) groups is 1. The van der Waals surface area contributed by atoms with Crippen LogP contribution >= 0.6 is 0 Å². The zero-order chi connectivity index (χ0) is 13.4. The van der Waals surface area contributed by atoms with Crippen LogP contribution in [0.25, 0.3) is 0 Å². The van der Waals surface area contributed by atoms with Gasteiger partial charge in [0, 0.05) is 19.7 Å². The van der Waals surface area contributed by atoms with Crippen molar-refractivity contribution in [3.05, 3.63) is 0 Å². The SMILES string of the molecule is CCN(C(=NC(C)COC)NN)C1CCCCC1. The minimum Gasteiger partial charge on any atom is -0.382 e. The lowest BCUT2D eigenvalue weighted by atomic mass is 9.94. The minimum absolute atomic E-state index is 0.124. The number of hydrogen-bond acceptors (Lipinski definition) is 3. The number of methoxy groups -OCH3 is 1. The number of ether oxygens (including phenoxy) is 1. The van der Waals surface area contributed by atoms with Crippen LogP contribution in [-0.4, -0.2) is 43.2 Å². The van der Waals surface area contributed by atoms with Crippen molar-refractivity contribution in [1.82, 2.24) is 10.3 Å². The molecule has 0 bridgehead atoms. The Morgan fingerprint density at radius 2 is 2.11 bits per heavy atom. The molecule has 5 nitrogen and oxygen atoms in total. The van der Waals surface area contributed by atoms with Crippen LogP contribution in [0, 0.1) is 0 Å². The molecule has 1 unspecified atom stereocenters. The van der Waals surface area contributed by atoms with Crippen LogP contribution < -0.4 is 11.3 Å². The third-order valence-corrected chi connectivity index (χ3v) is 3.51. The molecule has 0 aromatic heterocycles. The Morgan fingerprint density at radius 1 is 1.44 bits per heavy atom. The van der Waals surface area contributed by atoms with Crippen LogP contribution in [0.3, 0.4) is 0 Å². The first-order valence-electron chi connectivity index (χ1n) is 7.02. The number of nitrogens with two attached hydrogens (primary N) is 1. The second kappa shape index (κ2) is 8.32. The molecule has 18 heavy (non-hydrogen) atoms. The average Bonchev–Trinajstić information content (AvgIpc) is 2.40. The van der Waals surface area contributed by atoms with Crippen molar-refractivity contribution in [3.8, 4) is 0 Å². The Bertz CT molecular complexity index is 251. The first-order valence-corrected chi connectivity index (χ1v) is 7.02. The molecule has 106 valence electrons. The summed E-state index contributed by atoms with van der Waals surface area (Å²) in [7, 11) is 1.69. The van der Waals surface area contributed by atoms with E-state index in [1.165, 1.54) is 32.1 Å². The van der Waals surface area contributed by atoms with Crippen molar-refractivity contribution in [2.24, 2.45) is 10.8 Å². The molecule has 1 atom stereocenters. The quantitative estimate of drug-likeness (QED) is 0.339. The highest BCUT2D eigenvalue weighted by Crippen LogP contribution is 2.22. The van der Waals surface area contributed by atoms with Crippen molar-refractivity contribution in [1.29, 1.82) is 0 Å². The normalized spacial score (nSPS) is 19.7. The molecule has 0 aromatic rings. The second-order valence-corrected chi connectivity index (χ2v) is 4.98. The fraction of sp³-hybridized carbons (Fsp3) is 0.923. The summed E-state index contributed by atoms with van der Waals surface area (Å²) in [4.78, 5) is 6.91. The van der Waals surface area contributed by atoms with E-state index in [9.17, 15) is 0 Å². The fourth-order valence-electron chi connectivity index (χ4n) is 2.66. The van der Waals surface area contributed by atoms with Crippen LogP contribution in [0.4, 0.5) is 0 Å². The van der Waals surface area contributed by atoms with Gasteiger partial charge in [-0.2, -0.15) is 0 Å². The summed E-state index contributed by atoms with van der Waals surface area (Å²) < 4.78 is 5.11. The smallest absolute Gasteiger partial charge is 0.208 e. The Kier molecular flexibility index (Phi) is 7.05. The monoisotopic (exact) mass is 256 g/mol. The Morgan fingerprint density at radius 3 is 2.61 bits per heavy atom. The van der Waals surface area contributed by atoms with Gasteiger partial charge in [-0.05, 0) is 26.7 Å². The molecule has 5 heteroatoms. The topological polar surface area (TPSA) is 62.9 Å². The third-order valence-electron chi connectivity index (χ3n) is 3.51. The summed E-state index contributed by atoms with van der Waals surface area (Å²) in [5.74, 6) is 6.44. The number of hydrazine groups is 1. The van der Waals surface area contributed by atoms with Crippen molar-refractivity contribution in [2.45, 2.75) is 58.0 Å². The van der Waals surface area contributed by atoms with Crippen molar-refractivity contribution >= 4 is 5.96 Å². The molecule has 1 rings (SSSR count). The molecule has 3 N–H and O–H groups in total. The highest BCUT2D eigenvalue weighted by atomic mass is 16.5. The molecule has 0 amide bonds. The second-order valence-electron chi connectivity index (χ2n) is 4.98. The highest BCUT2D eigenvalue weighted by Gasteiger charge is 2.22. The van der Waals surface area contributed by atoms with Crippen molar-refractivity contribution < 1.29 is 4.74 Å². The molecular formula is C13H28N4O. The van der Waals surface area contributed by atoms with E-state index in [1.807, 2.05) is 6.92 Å². The lowest BCUT2D eigenvalue weighted by Crippen LogP contribution is -2.50. The van der Waals surface area contributed by atoms with Crippen LogP contribution in [0.2, 0.25) is 0 Å². The van der Waals surface area contributed by atoms with Crippen LogP contribution in [-0.2, 0) is 4.74 Å². The summed E-state index contributed by atoms with van der Waals surface area (Å²) in [6.07, 6.45) is 6.47. The van der Waals surface area contributed by atoms with Gasteiger partial charge in [-0.3, -0.25) is 5.43 Å². The molecule has 0 heterocycles. The van der Waals surface area contributed by atoms with Crippen molar-refractivity contribution in [3.63, 3.8) is 0 Å². The van der Waals surface area contributed by atoms with Crippen LogP contribution in [0.15, 0.2) is 4.99 Å². The largest absolute Gasteiger partial charge is 0.382 e. The molecule has 1 fully saturated rings. The molecule has 0 aliphatic heterocycles. The fourth-order valence-corrected chi connectivity index (χ4v) is 2.66. The van der Waals surface area contributed by atoms with E-state index in [-0.39, 0.29) is 6.04 Å². The van der Waals surface area contributed by atoms with Gasteiger partial charge in [0.25, 0.3) is 0 Å². The minimum atomic E-state index is 0.124. The van der Waals surface area contributed by atoms with E-state index in [0.29, 0.717) is 12.6 Å². The first-order chi connectivity index (χ1) is 8.72. The van der Waals surface area contributed by atoms with Gasteiger partial charge in [0.15, 0.2) is 0 Å². The standard InChI is InChI=1S/C13H28N4O/c1-4-17(12-8-6-5-7-9-12)13(16-14)15-11(2)10-18-3/h11-12H,4-10,14H2,1-3H3,(H,15,16). The van der Waals surface area contributed by atoms with Gasteiger partial charge >= 0.3 is 0 Å². The molecule has 0 spiro atoms. The maximum atomic E-state index is 5.64. The Balaban J connectivity index is 2.69. The van der Waals surface area contributed by atoms with E-state index in [2.05, 4.69) is 22.2 Å². The first kappa shape index (κ1) is 15.2. The van der Waals surface area contributed by atoms with E-state index < -0.39 is 0 Å². The summed E-state index contributed by atoms with van der Waals surface area (Å²) in [5, 5.41) is 0. The predicted octanol–water partition coefficient (Wildman–Crippen LogP) is 1.50. The van der Waals surface area contributed by atoms with Gasteiger partial charge in [-0.1, -0.05) is 19.3 Å². The third kappa shape index (κ3) is 4.46. The number of guanidine groups is 1. The Hall–Kier alpha value is -0.810. The van der Waals surface area contributed by atoms with Gasteiger partial charge < -0.3 is 9.64 Å². The van der Waals surface area contributed by atoms with Gasteiger partial charge in [0.2, 0.25) is 5.96 Å². The van der Waals surface area contributed by atoms with Crippen LogP contribution in [0.5, 0.6) is 0 Å². The van der Waals surface area contributed by atoms with Gasteiger partial charge in [-0.25, -0.2) is 10.8 Å². The summed E-state index contributed by atoms with van der Waals surface area (Å²) >= 11 is 0. The van der Waals surface area contributed by atoms with Gasteiger partial charge in [0.05, 0.1) is 12.6 Å². The molecule has 0 saturated heterocycles. The molecule has 1 saturated carbocycles. The van der Waals surface area contributed by atoms with Gasteiger partial charge in [-0.15, -0.1) is 0 Å². The number of hydrogen-bond donors (Lipinski definition) is 2. The van der Waals surface area contributed by atoms with E-state index in [4.69, 9.17) is 10.6 Å². The zero-order valence-corrected chi connectivity index (χ0v) is 12.0. The van der Waals surface area contributed by atoms with Crippen LogP contribution in [0.1, 0.15) is 46.0 Å². The summed E-state index contributed by atoms with van der Waals surface area (Å²) in [6.45, 7) is 5.75.